The molecule has 0 aromatic carbocycles. The van der Waals surface area contributed by atoms with Gasteiger partial charge in [0.25, 0.3) is 11.5 Å². The van der Waals surface area contributed by atoms with Gasteiger partial charge in [0.05, 0.1) is 10.5 Å². The molecule has 1 amide bonds. The van der Waals surface area contributed by atoms with Gasteiger partial charge in [0.2, 0.25) is 0 Å². The molecule has 0 atom stereocenters. The Kier molecular flexibility index (Phi) is 10.6. The summed E-state index contributed by atoms with van der Waals surface area (Å²) >= 11 is 6.73. The number of pyridine rings is 1. The number of carbonyl (C=O) groups is 1. The number of aromatic nitrogens is 2. The molecule has 184 valence electrons. The summed E-state index contributed by atoms with van der Waals surface area (Å²) in [7, 11) is 0. The summed E-state index contributed by atoms with van der Waals surface area (Å²) in [6.45, 7) is 6.68. The van der Waals surface area contributed by atoms with Crippen molar-refractivity contribution in [1.29, 1.82) is 0 Å². The van der Waals surface area contributed by atoms with E-state index in [9.17, 15) is 9.59 Å². The van der Waals surface area contributed by atoms with Crippen LogP contribution >= 0.6 is 24.0 Å². The second kappa shape index (κ2) is 13.6. The third-order valence-corrected chi connectivity index (χ3v) is 6.99. The summed E-state index contributed by atoms with van der Waals surface area (Å²) in [5.74, 6) is 0.331. The third-order valence-electron chi connectivity index (χ3n) is 5.62. The Hall–Kier alpha value is -2.23. The van der Waals surface area contributed by atoms with E-state index >= 15 is 0 Å². The molecule has 2 aromatic heterocycles. The van der Waals surface area contributed by atoms with Crippen LogP contribution in [0.25, 0.3) is 11.7 Å². The number of nitrogens with one attached hydrogen (secondary N) is 1. The molecule has 1 fully saturated rings. The van der Waals surface area contributed by atoms with Crippen LogP contribution in [0, 0.1) is 0 Å². The first kappa shape index (κ1) is 26.4. The van der Waals surface area contributed by atoms with Gasteiger partial charge in [0.1, 0.15) is 15.8 Å². The molecule has 3 rings (SSSR count). The third kappa shape index (κ3) is 6.90. The van der Waals surface area contributed by atoms with Crippen molar-refractivity contribution in [2.45, 2.75) is 58.8 Å². The zero-order valence-electron chi connectivity index (χ0n) is 20.0. The molecule has 0 aliphatic carbocycles. The minimum absolute atomic E-state index is 0.136. The number of carbonyl (C=O) groups excluding carboxylic acids is 1. The molecule has 1 N–H and O–H groups in total. The molecule has 2 aromatic rings. The fourth-order valence-corrected chi connectivity index (χ4v) is 5.06. The van der Waals surface area contributed by atoms with Crippen molar-refractivity contribution in [3.05, 3.63) is 45.2 Å². The number of rotatable bonds is 14. The van der Waals surface area contributed by atoms with Gasteiger partial charge >= 0.3 is 0 Å². The van der Waals surface area contributed by atoms with Crippen molar-refractivity contribution in [3.8, 4) is 0 Å². The predicted octanol–water partition coefficient (Wildman–Crippen LogP) is 5.09. The molecule has 7 nitrogen and oxygen atoms in total. The summed E-state index contributed by atoms with van der Waals surface area (Å²) in [5.41, 5.74) is 0.687. The van der Waals surface area contributed by atoms with Gasteiger partial charge in [-0.3, -0.25) is 18.9 Å². The normalized spacial score (nSPS) is 15.1. The van der Waals surface area contributed by atoms with Crippen LogP contribution in [0.2, 0.25) is 0 Å². The Morgan fingerprint density at radius 3 is 2.71 bits per heavy atom. The molecule has 0 bridgehead atoms. The lowest BCUT2D eigenvalue weighted by Crippen LogP contribution is -2.29. The molecule has 0 radical (unpaired) electrons. The van der Waals surface area contributed by atoms with Crippen molar-refractivity contribution in [2.75, 3.05) is 31.6 Å². The number of anilines is 1. The highest BCUT2D eigenvalue weighted by Crippen LogP contribution is 2.33. The number of ether oxygens (including phenoxy) is 1. The Balaban J connectivity index is 1.78. The van der Waals surface area contributed by atoms with Crippen LogP contribution in [-0.2, 0) is 9.53 Å². The number of amides is 1. The summed E-state index contributed by atoms with van der Waals surface area (Å²) < 4.78 is 7.43. The second-order valence-electron chi connectivity index (χ2n) is 8.19. The molecule has 0 spiro atoms. The summed E-state index contributed by atoms with van der Waals surface area (Å²) in [4.78, 5) is 33.1. The van der Waals surface area contributed by atoms with Crippen LogP contribution in [0.3, 0.4) is 0 Å². The fraction of sp³-hybridized carbons (Fsp3) is 0.520. The van der Waals surface area contributed by atoms with Crippen LogP contribution in [0.4, 0.5) is 5.82 Å². The maximum absolute atomic E-state index is 13.3. The zero-order valence-corrected chi connectivity index (χ0v) is 21.7. The van der Waals surface area contributed by atoms with Gasteiger partial charge < -0.3 is 10.1 Å². The van der Waals surface area contributed by atoms with Gasteiger partial charge in [-0.2, -0.15) is 0 Å². The molecule has 0 saturated carbocycles. The van der Waals surface area contributed by atoms with Crippen LogP contribution in [-0.4, -0.2) is 50.8 Å². The number of hydrogen-bond donors (Lipinski definition) is 1. The maximum atomic E-state index is 13.3. The van der Waals surface area contributed by atoms with Gasteiger partial charge in [0, 0.05) is 32.5 Å². The first-order valence-corrected chi connectivity index (χ1v) is 13.4. The average molecular weight is 503 g/mol. The quantitative estimate of drug-likeness (QED) is 0.219. The molecule has 0 unspecified atom stereocenters. The Labute approximate surface area is 211 Å². The van der Waals surface area contributed by atoms with E-state index in [-0.39, 0.29) is 11.5 Å². The number of nitrogens with zero attached hydrogens (tertiary/aromatic N) is 3. The van der Waals surface area contributed by atoms with Gasteiger partial charge in [-0.05, 0) is 38.0 Å². The Morgan fingerprint density at radius 2 is 1.91 bits per heavy atom. The molecule has 1 aliphatic heterocycles. The molecule has 34 heavy (non-hydrogen) atoms. The predicted molar refractivity (Wildman–Crippen MR) is 144 cm³/mol. The highest BCUT2D eigenvalue weighted by Gasteiger charge is 2.32. The summed E-state index contributed by atoms with van der Waals surface area (Å²) in [5, 5.41) is 3.26. The highest BCUT2D eigenvalue weighted by molar-refractivity contribution is 8.26. The van der Waals surface area contributed by atoms with Crippen molar-refractivity contribution in [2.24, 2.45) is 0 Å². The smallest absolute Gasteiger partial charge is 0.267 e. The molecular weight excluding hydrogens is 468 g/mol. The molecule has 1 aliphatic rings. The van der Waals surface area contributed by atoms with E-state index in [2.05, 4.69) is 17.2 Å². The lowest BCUT2D eigenvalue weighted by molar-refractivity contribution is -0.122. The van der Waals surface area contributed by atoms with Crippen molar-refractivity contribution >= 4 is 51.7 Å². The highest BCUT2D eigenvalue weighted by atomic mass is 32.2. The van der Waals surface area contributed by atoms with Crippen LogP contribution in [0.5, 0.6) is 0 Å². The molecule has 9 heteroatoms. The number of hydrogen-bond acceptors (Lipinski definition) is 7. The van der Waals surface area contributed by atoms with Crippen molar-refractivity contribution in [3.63, 3.8) is 0 Å². The topological polar surface area (TPSA) is 75.9 Å². The first-order valence-electron chi connectivity index (χ1n) is 12.1. The Bertz CT molecular complexity index is 1080. The number of thiocarbonyl (C=S) groups is 1. The lowest BCUT2D eigenvalue weighted by atomic mass is 10.1. The molecule has 1 saturated heterocycles. The van der Waals surface area contributed by atoms with E-state index in [1.807, 2.05) is 13.0 Å². The van der Waals surface area contributed by atoms with Gasteiger partial charge in [0.15, 0.2) is 0 Å². The molecule has 3 heterocycles. The lowest BCUT2D eigenvalue weighted by Gasteiger charge is -2.14. The van der Waals surface area contributed by atoms with Crippen LogP contribution < -0.4 is 10.9 Å². The van der Waals surface area contributed by atoms with Crippen molar-refractivity contribution < 1.29 is 9.53 Å². The average Bonchev–Trinajstić information content (AvgIpc) is 3.10. The van der Waals surface area contributed by atoms with Gasteiger partial charge in [-0.25, -0.2) is 4.98 Å². The number of fused-ring (bicyclic) bond motifs is 1. The SMILES string of the molecule is CCCCCCCCN1C(=O)C(=Cc2c(NCCCOCC)nc3ccccn3c2=O)SC1=S. The fourth-order valence-electron chi connectivity index (χ4n) is 3.77. The minimum Gasteiger partial charge on any atom is -0.382 e. The van der Waals surface area contributed by atoms with E-state index in [0.29, 0.717) is 52.6 Å². The van der Waals surface area contributed by atoms with E-state index in [1.165, 1.54) is 41.8 Å². The van der Waals surface area contributed by atoms with Gasteiger partial charge in [-0.1, -0.05) is 69.1 Å². The number of thioether (sulfide) groups is 1. The van der Waals surface area contributed by atoms with E-state index in [0.717, 1.165) is 19.3 Å². The summed E-state index contributed by atoms with van der Waals surface area (Å²) in [6, 6.07) is 5.42. The van der Waals surface area contributed by atoms with E-state index in [1.54, 1.807) is 29.3 Å². The number of unbranched alkanes of at least 4 members (excludes halogenated alkanes) is 5. The van der Waals surface area contributed by atoms with Crippen LogP contribution in [0.15, 0.2) is 34.1 Å². The van der Waals surface area contributed by atoms with Crippen molar-refractivity contribution in [1.82, 2.24) is 14.3 Å². The maximum Gasteiger partial charge on any atom is 0.267 e. The molecular formula is C25H34N4O3S2. The second-order valence-corrected chi connectivity index (χ2v) is 9.86. The largest absolute Gasteiger partial charge is 0.382 e. The Morgan fingerprint density at radius 1 is 1.12 bits per heavy atom. The minimum atomic E-state index is -0.223. The first-order chi connectivity index (χ1) is 16.6. The van der Waals surface area contributed by atoms with Crippen LogP contribution in [0.1, 0.15) is 64.4 Å². The monoisotopic (exact) mass is 502 g/mol. The zero-order chi connectivity index (χ0) is 24.3. The van der Waals surface area contributed by atoms with E-state index < -0.39 is 0 Å². The standard InChI is InChI=1S/C25H34N4O3S2/c1-3-5-6-7-8-10-16-29-24(31)20(34-25(29)33)18-19-22(26-14-12-17-32-4-2)27-21-13-9-11-15-28(21)23(19)30/h9,11,13,15,18,26H,3-8,10,12,14,16-17H2,1-2H3. The van der Waals surface area contributed by atoms with E-state index in [4.69, 9.17) is 17.0 Å². The summed E-state index contributed by atoms with van der Waals surface area (Å²) in [6.07, 6.45) is 11.0. The van der Waals surface area contributed by atoms with Gasteiger partial charge in [-0.15, -0.1) is 0 Å².